The molecule has 0 aliphatic rings. The van der Waals surface area contributed by atoms with Gasteiger partial charge in [-0.2, -0.15) is 0 Å². The summed E-state index contributed by atoms with van der Waals surface area (Å²) in [5.74, 6) is -1.57. The van der Waals surface area contributed by atoms with Gasteiger partial charge < -0.3 is 15.9 Å². The fourth-order valence-electron chi connectivity index (χ4n) is 1.22. The number of nitrogens with zero attached hydrogens (tertiary/aromatic N) is 1. The third-order valence-corrected chi connectivity index (χ3v) is 2.02. The van der Waals surface area contributed by atoms with Crippen LogP contribution in [0, 0.1) is 10.1 Å². The Labute approximate surface area is 90.3 Å². The molecule has 0 amide bonds. The number of rotatable bonds is 4. The van der Waals surface area contributed by atoms with Crippen LogP contribution in [0.2, 0.25) is 0 Å². The van der Waals surface area contributed by atoms with Crippen LogP contribution < -0.4 is 5.73 Å². The van der Waals surface area contributed by atoms with Crippen LogP contribution >= 0.6 is 0 Å². The molecular formula is C9H10N2O5. The third-order valence-electron chi connectivity index (χ3n) is 2.02. The fraction of sp³-hybridized carbons (Fsp3) is 0.222. The predicted molar refractivity (Wildman–Crippen MR) is 53.9 cm³/mol. The van der Waals surface area contributed by atoms with Crippen LogP contribution in [0.3, 0.4) is 0 Å². The first-order chi connectivity index (χ1) is 7.41. The van der Waals surface area contributed by atoms with Crippen molar-refractivity contribution in [1.82, 2.24) is 0 Å². The second-order valence-electron chi connectivity index (χ2n) is 3.21. The van der Waals surface area contributed by atoms with E-state index in [0.29, 0.717) is 5.56 Å². The molecule has 0 unspecified atom stereocenters. The van der Waals surface area contributed by atoms with Crippen LogP contribution in [-0.2, 0) is 4.79 Å². The lowest BCUT2D eigenvalue weighted by atomic mass is 10.0. The van der Waals surface area contributed by atoms with E-state index in [2.05, 4.69) is 0 Å². The molecule has 0 saturated heterocycles. The summed E-state index contributed by atoms with van der Waals surface area (Å²) in [4.78, 5) is 20.2. The molecule has 1 atom stereocenters. The smallest absolute Gasteiger partial charge is 0.311 e. The minimum Gasteiger partial charge on any atom is -0.502 e. The lowest BCUT2D eigenvalue weighted by molar-refractivity contribution is -0.385. The van der Waals surface area contributed by atoms with Crippen molar-refractivity contribution < 1.29 is 19.9 Å². The molecule has 0 aliphatic carbocycles. The van der Waals surface area contributed by atoms with Crippen molar-refractivity contribution in [2.75, 3.05) is 0 Å². The average Bonchev–Trinajstić information content (AvgIpc) is 2.16. The number of phenols is 1. The number of aromatic hydroxyl groups is 1. The summed E-state index contributed by atoms with van der Waals surface area (Å²) >= 11 is 0. The molecule has 0 heterocycles. The maximum absolute atomic E-state index is 10.5. The Morgan fingerprint density at radius 1 is 1.56 bits per heavy atom. The minimum absolute atomic E-state index is 0.298. The number of nitro benzene ring substituents is 1. The summed E-state index contributed by atoms with van der Waals surface area (Å²) in [5.41, 5.74) is 5.34. The van der Waals surface area contributed by atoms with Gasteiger partial charge in [0, 0.05) is 12.1 Å². The highest BCUT2D eigenvalue weighted by Crippen LogP contribution is 2.28. The second kappa shape index (κ2) is 4.58. The van der Waals surface area contributed by atoms with Crippen molar-refractivity contribution >= 4 is 11.7 Å². The molecule has 1 aromatic rings. The molecule has 0 saturated carbocycles. The number of carbonyl (C=O) groups is 1. The van der Waals surface area contributed by atoms with Crippen LogP contribution in [0.15, 0.2) is 18.2 Å². The van der Waals surface area contributed by atoms with Gasteiger partial charge in [0.2, 0.25) is 0 Å². The Balaban J connectivity index is 3.02. The summed E-state index contributed by atoms with van der Waals surface area (Å²) in [5, 5.41) is 28.2. The Morgan fingerprint density at radius 2 is 2.19 bits per heavy atom. The molecule has 7 nitrogen and oxygen atoms in total. The quantitative estimate of drug-likeness (QED) is 0.514. The summed E-state index contributed by atoms with van der Waals surface area (Å²) in [7, 11) is 0. The highest BCUT2D eigenvalue weighted by molar-refractivity contribution is 5.68. The molecule has 0 spiro atoms. The average molecular weight is 226 g/mol. The van der Waals surface area contributed by atoms with E-state index in [4.69, 9.17) is 10.8 Å². The van der Waals surface area contributed by atoms with Gasteiger partial charge in [-0.05, 0) is 11.6 Å². The number of hydrogen-bond acceptors (Lipinski definition) is 5. The Kier molecular flexibility index (Phi) is 3.41. The molecule has 0 radical (unpaired) electrons. The monoisotopic (exact) mass is 226 g/mol. The zero-order valence-corrected chi connectivity index (χ0v) is 8.16. The molecule has 0 bridgehead atoms. The van der Waals surface area contributed by atoms with Crippen LogP contribution in [0.4, 0.5) is 5.69 Å². The second-order valence-corrected chi connectivity index (χ2v) is 3.21. The van der Waals surface area contributed by atoms with Crippen molar-refractivity contribution in [1.29, 1.82) is 0 Å². The largest absolute Gasteiger partial charge is 0.502 e. The lowest BCUT2D eigenvalue weighted by Gasteiger charge is -2.09. The van der Waals surface area contributed by atoms with E-state index in [1.54, 1.807) is 0 Å². The van der Waals surface area contributed by atoms with Gasteiger partial charge >= 0.3 is 11.7 Å². The van der Waals surface area contributed by atoms with Gasteiger partial charge in [-0.25, -0.2) is 0 Å². The number of benzene rings is 1. The van der Waals surface area contributed by atoms with Crippen LogP contribution in [-0.4, -0.2) is 21.1 Å². The topological polar surface area (TPSA) is 127 Å². The molecule has 16 heavy (non-hydrogen) atoms. The molecule has 1 rings (SSSR count). The Hall–Kier alpha value is -2.15. The highest BCUT2D eigenvalue weighted by Gasteiger charge is 2.17. The van der Waals surface area contributed by atoms with Crippen molar-refractivity contribution in [2.45, 2.75) is 12.5 Å². The van der Waals surface area contributed by atoms with Crippen molar-refractivity contribution in [2.24, 2.45) is 5.73 Å². The fourth-order valence-corrected chi connectivity index (χ4v) is 1.22. The summed E-state index contributed by atoms with van der Waals surface area (Å²) in [6.45, 7) is 0. The lowest BCUT2D eigenvalue weighted by Crippen LogP contribution is -2.15. The number of nitro groups is 1. The first-order valence-electron chi connectivity index (χ1n) is 4.36. The van der Waals surface area contributed by atoms with Crippen molar-refractivity contribution in [3.8, 4) is 5.75 Å². The number of hydrogen-bond donors (Lipinski definition) is 3. The molecular weight excluding hydrogens is 216 g/mol. The van der Waals surface area contributed by atoms with Gasteiger partial charge in [0.15, 0.2) is 5.75 Å². The van der Waals surface area contributed by atoms with Crippen LogP contribution in [0.25, 0.3) is 0 Å². The van der Waals surface area contributed by atoms with Crippen molar-refractivity contribution in [3.05, 3.63) is 33.9 Å². The van der Waals surface area contributed by atoms with Crippen LogP contribution in [0.1, 0.15) is 18.0 Å². The number of phenolic OH excluding ortho intramolecular Hbond substituents is 1. The van der Waals surface area contributed by atoms with E-state index in [1.165, 1.54) is 6.07 Å². The predicted octanol–water partition coefficient (Wildman–Crippen LogP) is 0.775. The number of aliphatic carboxylic acids is 1. The zero-order valence-electron chi connectivity index (χ0n) is 8.16. The van der Waals surface area contributed by atoms with E-state index >= 15 is 0 Å². The number of carboxylic acid groups (broad SMARTS) is 1. The molecule has 1 aromatic carbocycles. The molecule has 0 fully saturated rings. The SMILES string of the molecule is N[C@@H](CC(=O)O)c1ccc(O)c([N+](=O)[O-])c1. The normalized spacial score (nSPS) is 12.1. The van der Waals surface area contributed by atoms with Gasteiger partial charge in [-0.3, -0.25) is 14.9 Å². The summed E-state index contributed by atoms with van der Waals surface area (Å²) in [6.07, 6.45) is -0.331. The maximum Gasteiger partial charge on any atom is 0.311 e. The first kappa shape index (κ1) is 11.9. The van der Waals surface area contributed by atoms with E-state index < -0.39 is 28.4 Å². The Morgan fingerprint density at radius 3 is 2.69 bits per heavy atom. The van der Waals surface area contributed by atoms with Gasteiger partial charge in [-0.15, -0.1) is 0 Å². The number of carboxylic acids is 1. The van der Waals surface area contributed by atoms with Gasteiger partial charge in [0.1, 0.15) is 0 Å². The highest BCUT2D eigenvalue weighted by atomic mass is 16.6. The molecule has 0 aromatic heterocycles. The van der Waals surface area contributed by atoms with E-state index in [0.717, 1.165) is 12.1 Å². The summed E-state index contributed by atoms with van der Waals surface area (Å²) < 4.78 is 0. The van der Waals surface area contributed by atoms with Gasteiger partial charge in [0.25, 0.3) is 0 Å². The maximum atomic E-state index is 10.5. The first-order valence-corrected chi connectivity index (χ1v) is 4.36. The zero-order chi connectivity index (χ0) is 12.3. The molecule has 7 heteroatoms. The number of nitrogens with two attached hydrogens (primary N) is 1. The molecule has 4 N–H and O–H groups in total. The molecule has 0 aliphatic heterocycles. The minimum atomic E-state index is -1.09. The van der Waals surface area contributed by atoms with Crippen LogP contribution in [0.5, 0.6) is 5.75 Å². The summed E-state index contributed by atoms with van der Waals surface area (Å²) in [6, 6.07) is 2.71. The third kappa shape index (κ3) is 2.67. The van der Waals surface area contributed by atoms with E-state index in [-0.39, 0.29) is 6.42 Å². The van der Waals surface area contributed by atoms with Crippen molar-refractivity contribution in [3.63, 3.8) is 0 Å². The molecule has 86 valence electrons. The van der Waals surface area contributed by atoms with E-state index in [9.17, 15) is 20.0 Å². The Bertz CT molecular complexity index is 432. The van der Waals surface area contributed by atoms with E-state index in [1.807, 2.05) is 0 Å². The van der Waals surface area contributed by atoms with Gasteiger partial charge in [-0.1, -0.05) is 6.07 Å². The van der Waals surface area contributed by atoms with Gasteiger partial charge in [0.05, 0.1) is 11.3 Å². The standard InChI is InChI=1S/C9H10N2O5/c10-6(4-9(13)14)5-1-2-8(12)7(3-5)11(15)16/h1-3,6,12H,4,10H2,(H,13,14)/t6-/m0/s1.